The summed E-state index contributed by atoms with van der Waals surface area (Å²) in [7, 11) is -3.12. The molecule has 0 amide bonds. The van der Waals surface area contributed by atoms with Crippen molar-refractivity contribution in [3.05, 3.63) is 29.8 Å². The highest BCUT2D eigenvalue weighted by molar-refractivity contribution is 7.88. The summed E-state index contributed by atoms with van der Waals surface area (Å²) in [5.41, 5.74) is 6.05. The van der Waals surface area contributed by atoms with Gasteiger partial charge in [-0.05, 0) is 37.1 Å². The molecule has 1 heterocycles. The van der Waals surface area contributed by atoms with Gasteiger partial charge in [0.25, 0.3) is 0 Å². The van der Waals surface area contributed by atoms with E-state index in [-0.39, 0.29) is 11.8 Å². The Kier molecular flexibility index (Phi) is 4.84. The second kappa shape index (κ2) is 6.44. The van der Waals surface area contributed by atoms with E-state index in [1.54, 1.807) is 24.3 Å². The summed E-state index contributed by atoms with van der Waals surface area (Å²) in [5, 5.41) is 7.32. The van der Waals surface area contributed by atoms with Gasteiger partial charge in [0.05, 0.1) is 12.9 Å². The highest BCUT2D eigenvalue weighted by Gasteiger charge is 2.26. The Morgan fingerprint density at radius 3 is 2.67 bits per heavy atom. The third-order valence-electron chi connectivity index (χ3n) is 3.60. The highest BCUT2D eigenvalue weighted by atomic mass is 32.2. The lowest BCUT2D eigenvalue weighted by Gasteiger charge is -2.30. The van der Waals surface area contributed by atoms with E-state index < -0.39 is 10.0 Å². The molecule has 1 atom stereocenters. The van der Waals surface area contributed by atoms with Crippen molar-refractivity contribution in [1.29, 1.82) is 5.41 Å². The number of sulfonamides is 1. The summed E-state index contributed by atoms with van der Waals surface area (Å²) in [6.07, 6.45) is 3.08. The molecule has 116 valence electrons. The van der Waals surface area contributed by atoms with Gasteiger partial charge in [-0.15, -0.1) is 0 Å². The van der Waals surface area contributed by atoms with Crippen LogP contribution in [0.2, 0.25) is 0 Å². The van der Waals surface area contributed by atoms with Crippen molar-refractivity contribution >= 4 is 15.9 Å². The Bertz CT molecular complexity index is 598. The van der Waals surface area contributed by atoms with Gasteiger partial charge < -0.3 is 10.5 Å². The minimum absolute atomic E-state index is 0.0256. The fourth-order valence-electron chi connectivity index (χ4n) is 2.41. The van der Waals surface area contributed by atoms with Crippen LogP contribution in [-0.4, -0.2) is 44.5 Å². The van der Waals surface area contributed by atoms with Crippen LogP contribution in [0, 0.1) is 11.3 Å². The Morgan fingerprint density at radius 1 is 1.43 bits per heavy atom. The Hall–Kier alpha value is -1.60. The number of nitrogens with one attached hydrogen (secondary N) is 1. The van der Waals surface area contributed by atoms with Crippen molar-refractivity contribution in [2.24, 2.45) is 11.7 Å². The number of ether oxygens (including phenoxy) is 1. The first-order chi connectivity index (χ1) is 9.86. The fourth-order valence-corrected chi connectivity index (χ4v) is 3.35. The maximum absolute atomic E-state index is 11.6. The van der Waals surface area contributed by atoms with Crippen LogP contribution in [0.25, 0.3) is 0 Å². The summed E-state index contributed by atoms with van der Waals surface area (Å²) in [6, 6.07) is 7.02. The van der Waals surface area contributed by atoms with E-state index in [0.717, 1.165) is 12.8 Å². The van der Waals surface area contributed by atoms with Crippen molar-refractivity contribution in [2.45, 2.75) is 12.8 Å². The molecule has 6 nitrogen and oxygen atoms in total. The van der Waals surface area contributed by atoms with E-state index in [9.17, 15) is 8.42 Å². The monoisotopic (exact) mass is 311 g/mol. The number of nitrogen functional groups attached to an aromatic ring is 1. The molecular weight excluding hydrogens is 290 g/mol. The molecule has 1 aromatic rings. The summed E-state index contributed by atoms with van der Waals surface area (Å²) < 4.78 is 30.3. The normalized spacial score (nSPS) is 20.1. The second-order valence-corrected chi connectivity index (χ2v) is 7.36. The number of nitrogens with two attached hydrogens (primary N) is 1. The zero-order valence-electron chi connectivity index (χ0n) is 12.1. The summed E-state index contributed by atoms with van der Waals surface area (Å²) in [6.45, 7) is 1.61. The minimum atomic E-state index is -3.12. The quantitative estimate of drug-likeness (QED) is 0.627. The van der Waals surface area contributed by atoms with Gasteiger partial charge in [-0.3, -0.25) is 5.41 Å². The van der Waals surface area contributed by atoms with Crippen molar-refractivity contribution in [3.8, 4) is 5.75 Å². The molecule has 0 aliphatic carbocycles. The van der Waals surface area contributed by atoms with Gasteiger partial charge in [0.1, 0.15) is 11.6 Å². The third-order valence-corrected chi connectivity index (χ3v) is 4.87. The molecule has 2 rings (SSSR count). The van der Waals surface area contributed by atoms with Crippen LogP contribution in [-0.2, 0) is 10.0 Å². The molecule has 1 aliphatic rings. The van der Waals surface area contributed by atoms with Crippen molar-refractivity contribution < 1.29 is 13.2 Å². The zero-order chi connectivity index (χ0) is 15.5. The molecule has 1 fully saturated rings. The smallest absolute Gasteiger partial charge is 0.211 e. The number of rotatable bonds is 5. The van der Waals surface area contributed by atoms with Crippen LogP contribution < -0.4 is 10.5 Å². The van der Waals surface area contributed by atoms with Crippen molar-refractivity contribution in [1.82, 2.24) is 4.31 Å². The first kappa shape index (κ1) is 15.8. The number of benzene rings is 1. The Labute approximate surface area is 125 Å². The van der Waals surface area contributed by atoms with Crippen LogP contribution in [0.4, 0.5) is 0 Å². The summed E-state index contributed by atoms with van der Waals surface area (Å²) in [4.78, 5) is 0. The van der Waals surface area contributed by atoms with Crippen LogP contribution in [0.5, 0.6) is 5.75 Å². The molecule has 7 heteroatoms. The number of nitrogens with zero attached hydrogens (tertiary/aromatic N) is 1. The molecule has 0 aromatic heterocycles. The molecule has 1 aromatic carbocycles. The number of hydrogen-bond donors (Lipinski definition) is 2. The topological polar surface area (TPSA) is 96.5 Å². The van der Waals surface area contributed by atoms with Gasteiger partial charge in [-0.2, -0.15) is 0 Å². The third kappa shape index (κ3) is 4.44. The Balaban J connectivity index is 1.89. The van der Waals surface area contributed by atoms with Gasteiger partial charge in [0.2, 0.25) is 10.0 Å². The zero-order valence-corrected chi connectivity index (χ0v) is 12.9. The average molecular weight is 311 g/mol. The van der Waals surface area contributed by atoms with E-state index in [2.05, 4.69) is 0 Å². The maximum atomic E-state index is 11.6. The predicted molar refractivity (Wildman–Crippen MR) is 82.1 cm³/mol. The van der Waals surface area contributed by atoms with E-state index in [1.807, 2.05) is 0 Å². The van der Waals surface area contributed by atoms with Gasteiger partial charge in [-0.1, -0.05) is 0 Å². The molecule has 1 saturated heterocycles. The Morgan fingerprint density at radius 2 is 2.10 bits per heavy atom. The average Bonchev–Trinajstić information content (AvgIpc) is 2.45. The molecule has 0 radical (unpaired) electrons. The van der Waals surface area contributed by atoms with Gasteiger partial charge in [0, 0.05) is 24.6 Å². The lowest BCUT2D eigenvalue weighted by atomic mass is 10.0. The molecule has 1 aliphatic heterocycles. The van der Waals surface area contributed by atoms with Crippen LogP contribution >= 0.6 is 0 Å². The predicted octanol–water partition coefficient (Wildman–Crippen LogP) is 1.02. The van der Waals surface area contributed by atoms with Crippen LogP contribution in [0.3, 0.4) is 0 Å². The SMILES string of the molecule is CS(=O)(=O)N1CCCC(COc2ccc(C(=N)N)cc2)C1. The van der Waals surface area contributed by atoms with E-state index >= 15 is 0 Å². The lowest BCUT2D eigenvalue weighted by molar-refractivity contribution is 0.181. The van der Waals surface area contributed by atoms with Gasteiger partial charge in [0.15, 0.2) is 0 Å². The largest absolute Gasteiger partial charge is 0.493 e. The molecule has 0 saturated carbocycles. The molecule has 21 heavy (non-hydrogen) atoms. The summed E-state index contributed by atoms with van der Waals surface area (Å²) >= 11 is 0. The number of piperidine rings is 1. The van der Waals surface area contributed by atoms with Gasteiger partial charge in [-0.25, -0.2) is 12.7 Å². The fraction of sp³-hybridized carbons (Fsp3) is 0.500. The van der Waals surface area contributed by atoms with Crippen LogP contribution in [0.1, 0.15) is 18.4 Å². The number of amidine groups is 1. The highest BCUT2D eigenvalue weighted by Crippen LogP contribution is 2.20. The van der Waals surface area contributed by atoms with E-state index in [0.29, 0.717) is 31.0 Å². The molecule has 1 unspecified atom stereocenters. The molecular formula is C14H21N3O3S. The standard InChI is InChI=1S/C14H21N3O3S/c1-21(18,19)17-8-2-3-11(9-17)10-20-13-6-4-12(5-7-13)14(15)16/h4-7,11H,2-3,8-10H2,1H3,(H3,15,16). The molecule has 0 spiro atoms. The maximum Gasteiger partial charge on any atom is 0.211 e. The lowest BCUT2D eigenvalue weighted by Crippen LogP contribution is -2.40. The van der Waals surface area contributed by atoms with Crippen molar-refractivity contribution in [3.63, 3.8) is 0 Å². The first-order valence-electron chi connectivity index (χ1n) is 6.88. The van der Waals surface area contributed by atoms with E-state index in [4.69, 9.17) is 15.9 Å². The molecule has 3 N–H and O–H groups in total. The van der Waals surface area contributed by atoms with Gasteiger partial charge >= 0.3 is 0 Å². The summed E-state index contributed by atoms with van der Waals surface area (Å²) in [5.74, 6) is 0.940. The van der Waals surface area contributed by atoms with Crippen molar-refractivity contribution in [2.75, 3.05) is 26.0 Å². The van der Waals surface area contributed by atoms with E-state index in [1.165, 1.54) is 10.6 Å². The van der Waals surface area contributed by atoms with Crippen LogP contribution in [0.15, 0.2) is 24.3 Å². The molecule has 0 bridgehead atoms. The number of hydrogen-bond acceptors (Lipinski definition) is 4. The second-order valence-electron chi connectivity index (χ2n) is 5.38. The minimum Gasteiger partial charge on any atom is -0.493 e. The first-order valence-corrected chi connectivity index (χ1v) is 8.73.